The molecule has 1 heterocycles. The fourth-order valence-electron chi connectivity index (χ4n) is 2.59. The lowest BCUT2D eigenvalue weighted by Crippen LogP contribution is -2.27. The average Bonchev–Trinajstić information content (AvgIpc) is 3.35. The molecule has 0 atom stereocenters. The van der Waals surface area contributed by atoms with Crippen molar-refractivity contribution in [1.82, 2.24) is 15.5 Å². The third-order valence-electron chi connectivity index (χ3n) is 4.18. The first kappa shape index (κ1) is 20.1. The molecule has 1 aromatic heterocycles. The minimum absolute atomic E-state index is 0. The van der Waals surface area contributed by atoms with Crippen LogP contribution in [0.4, 0.5) is 5.69 Å². The molecule has 0 bridgehead atoms. The summed E-state index contributed by atoms with van der Waals surface area (Å²) in [6, 6.07) is 5.93. The quantitative estimate of drug-likeness (QED) is 0.830. The van der Waals surface area contributed by atoms with Gasteiger partial charge in [-0.25, -0.2) is 0 Å². The Morgan fingerprint density at radius 3 is 2.75 bits per heavy atom. The highest BCUT2D eigenvalue weighted by atomic mass is 35.5. The van der Waals surface area contributed by atoms with Crippen LogP contribution in [0.15, 0.2) is 18.2 Å². The molecule has 0 unspecified atom stereocenters. The number of nitrogens with one attached hydrogen (secondary N) is 1. The minimum atomic E-state index is -0.224. The molecular weight excluding hydrogens is 328 g/mol. The topological polar surface area (TPSA) is 112 Å². The first-order valence-electron chi connectivity index (χ1n) is 8.02. The van der Waals surface area contributed by atoms with Gasteiger partial charge in [0.25, 0.3) is 5.91 Å². The molecule has 24 heavy (non-hydrogen) atoms. The number of aromatic nitrogens is 2. The maximum Gasteiger partial charge on any atom is 0.273 e. The van der Waals surface area contributed by atoms with Crippen LogP contribution in [0.25, 0.3) is 10.9 Å². The Morgan fingerprint density at radius 2 is 2.08 bits per heavy atom. The largest absolute Gasteiger partial charge is 0.412 e. The molecule has 1 fully saturated rings. The smallest absolute Gasteiger partial charge is 0.273 e. The standard InChI is InChI=1S/C17H22N4O.ClH.H2O/c1-2-3-5-12-6-4-7-13-14(18)16(21-20-15(12)13)17(22)19-10-11-8-9-11;;/h4,6-7,11H,2-3,5,8-10H2,1H3,(H2,18,20)(H,19,22);1H;1H2. The van der Waals surface area contributed by atoms with Crippen molar-refractivity contribution in [3.05, 3.63) is 29.5 Å². The number of fused-ring (bicyclic) bond motifs is 1. The first-order chi connectivity index (χ1) is 10.7. The molecule has 0 aliphatic heterocycles. The summed E-state index contributed by atoms with van der Waals surface area (Å²) in [6.45, 7) is 2.86. The van der Waals surface area contributed by atoms with Gasteiger partial charge >= 0.3 is 0 Å². The van der Waals surface area contributed by atoms with Gasteiger partial charge in [0.2, 0.25) is 0 Å². The van der Waals surface area contributed by atoms with Crippen molar-refractivity contribution in [1.29, 1.82) is 0 Å². The monoisotopic (exact) mass is 352 g/mol. The normalized spacial score (nSPS) is 13.0. The van der Waals surface area contributed by atoms with Gasteiger partial charge in [-0.3, -0.25) is 4.79 Å². The van der Waals surface area contributed by atoms with E-state index in [1.807, 2.05) is 12.1 Å². The lowest BCUT2D eigenvalue weighted by molar-refractivity contribution is 0.0947. The van der Waals surface area contributed by atoms with Gasteiger partial charge in [0, 0.05) is 11.9 Å². The van der Waals surface area contributed by atoms with Crippen molar-refractivity contribution in [2.45, 2.75) is 39.0 Å². The summed E-state index contributed by atoms with van der Waals surface area (Å²) in [5.74, 6) is 0.400. The average molecular weight is 353 g/mol. The van der Waals surface area contributed by atoms with Crippen LogP contribution in [0.5, 0.6) is 0 Å². The van der Waals surface area contributed by atoms with Gasteiger partial charge in [-0.2, -0.15) is 0 Å². The number of carbonyl (C=O) groups excluding carboxylic acids is 1. The number of hydrogen-bond donors (Lipinski definition) is 2. The second-order valence-electron chi connectivity index (χ2n) is 6.03. The van der Waals surface area contributed by atoms with Gasteiger partial charge in [0.1, 0.15) is 0 Å². The predicted octanol–water partition coefficient (Wildman–Crippen LogP) is 2.29. The van der Waals surface area contributed by atoms with Gasteiger partial charge in [-0.05, 0) is 37.2 Å². The Hall–Kier alpha value is -1.92. The van der Waals surface area contributed by atoms with Crippen LogP contribution in [0.2, 0.25) is 0 Å². The number of carbonyl (C=O) groups is 1. The summed E-state index contributed by atoms with van der Waals surface area (Å²) >= 11 is 0. The van der Waals surface area contributed by atoms with E-state index in [0.717, 1.165) is 35.7 Å². The highest BCUT2D eigenvalue weighted by Crippen LogP contribution is 2.28. The number of nitrogens with two attached hydrogens (primary N) is 1. The Labute approximate surface area is 147 Å². The Bertz CT molecular complexity index is 704. The number of amides is 1. The Balaban J connectivity index is 0.00000144. The van der Waals surface area contributed by atoms with Crippen LogP contribution in [0, 0.1) is 5.92 Å². The maximum atomic E-state index is 12.2. The van der Waals surface area contributed by atoms with Crippen LogP contribution in [0.1, 0.15) is 48.7 Å². The lowest BCUT2D eigenvalue weighted by Gasteiger charge is -2.10. The second kappa shape index (κ2) is 8.80. The number of hydrogen-bond acceptors (Lipinski definition) is 4. The van der Waals surface area contributed by atoms with Crippen LogP contribution in [-0.2, 0) is 6.42 Å². The number of anilines is 1. The van der Waals surface area contributed by atoms with E-state index in [2.05, 4.69) is 28.5 Å². The van der Waals surface area contributed by atoms with Crippen molar-refractivity contribution in [2.75, 3.05) is 12.3 Å². The summed E-state index contributed by atoms with van der Waals surface area (Å²) in [5, 5.41) is 12.1. The zero-order valence-electron chi connectivity index (χ0n) is 13.8. The van der Waals surface area contributed by atoms with E-state index in [1.54, 1.807) is 0 Å². The van der Waals surface area contributed by atoms with E-state index in [0.29, 0.717) is 18.2 Å². The molecule has 1 amide bonds. The number of halogens is 1. The minimum Gasteiger partial charge on any atom is -0.412 e. The number of benzene rings is 1. The van der Waals surface area contributed by atoms with Gasteiger partial charge in [-0.15, -0.1) is 22.6 Å². The Kier molecular flexibility index (Phi) is 7.38. The van der Waals surface area contributed by atoms with E-state index >= 15 is 0 Å². The van der Waals surface area contributed by atoms with E-state index in [1.165, 1.54) is 12.8 Å². The van der Waals surface area contributed by atoms with Crippen molar-refractivity contribution >= 4 is 34.9 Å². The third kappa shape index (κ3) is 4.33. The molecule has 1 saturated carbocycles. The molecular formula is C17H25ClN4O2. The predicted molar refractivity (Wildman–Crippen MR) is 98.5 cm³/mol. The fraction of sp³-hybridized carbons (Fsp3) is 0.471. The van der Waals surface area contributed by atoms with Crippen LogP contribution < -0.4 is 11.1 Å². The number of unbranched alkanes of at least 4 members (excludes halogenated alkanes) is 1. The zero-order valence-corrected chi connectivity index (χ0v) is 14.7. The number of rotatable bonds is 6. The summed E-state index contributed by atoms with van der Waals surface area (Å²) in [7, 11) is 0. The summed E-state index contributed by atoms with van der Waals surface area (Å²) < 4.78 is 0. The molecule has 132 valence electrons. The molecule has 7 heteroatoms. The zero-order chi connectivity index (χ0) is 15.5. The van der Waals surface area contributed by atoms with Crippen molar-refractivity contribution in [2.24, 2.45) is 5.92 Å². The van der Waals surface area contributed by atoms with Crippen molar-refractivity contribution in [3.8, 4) is 0 Å². The highest BCUT2D eigenvalue weighted by Gasteiger charge is 2.23. The molecule has 2 aromatic rings. The fourth-order valence-corrected chi connectivity index (χ4v) is 2.59. The number of aryl methyl sites for hydroxylation is 1. The Morgan fingerprint density at radius 1 is 1.33 bits per heavy atom. The SMILES string of the molecule is CCCCc1cccc2c(N)c(C(=O)NCC3CC3)nnc12.Cl.O. The molecule has 1 aliphatic carbocycles. The lowest BCUT2D eigenvalue weighted by atomic mass is 10.0. The second-order valence-corrected chi connectivity index (χ2v) is 6.03. The van der Waals surface area contributed by atoms with Crippen molar-refractivity contribution in [3.63, 3.8) is 0 Å². The highest BCUT2D eigenvalue weighted by molar-refractivity contribution is 6.04. The molecule has 5 N–H and O–H groups in total. The van der Waals surface area contributed by atoms with Gasteiger partial charge in [0.05, 0.1) is 11.2 Å². The molecule has 0 saturated heterocycles. The summed E-state index contributed by atoms with van der Waals surface area (Å²) in [5.41, 5.74) is 8.79. The van der Waals surface area contributed by atoms with Crippen molar-refractivity contribution < 1.29 is 10.3 Å². The van der Waals surface area contributed by atoms with E-state index in [4.69, 9.17) is 5.73 Å². The summed E-state index contributed by atoms with van der Waals surface area (Å²) in [4.78, 5) is 12.2. The van der Waals surface area contributed by atoms with Gasteiger partial charge in [0.15, 0.2) is 5.69 Å². The molecule has 0 radical (unpaired) electrons. The molecule has 1 aliphatic rings. The van der Waals surface area contributed by atoms with E-state index in [-0.39, 0.29) is 29.5 Å². The van der Waals surface area contributed by atoms with E-state index in [9.17, 15) is 4.79 Å². The molecule has 0 spiro atoms. The molecule has 1 aromatic carbocycles. The first-order valence-corrected chi connectivity index (χ1v) is 8.02. The third-order valence-corrected chi connectivity index (χ3v) is 4.18. The van der Waals surface area contributed by atoms with Crippen LogP contribution in [0.3, 0.4) is 0 Å². The van der Waals surface area contributed by atoms with Gasteiger partial charge < -0.3 is 16.5 Å². The number of nitrogens with zero attached hydrogens (tertiary/aromatic N) is 2. The summed E-state index contributed by atoms with van der Waals surface area (Å²) in [6.07, 6.45) is 5.57. The van der Waals surface area contributed by atoms with Gasteiger partial charge in [-0.1, -0.05) is 31.5 Å². The molecule has 3 rings (SSSR count). The van der Waals surface area contributed by atoms with E-state index < -0.39 is 0 Å². The van der Waals surface area contributed by atoms with Crippen LogP contribution >= 0.6 is 12.4 Å². The molecule has 6 nitrogen and oxygen atoms in total. The van der Waals surface area contributed by atoms with Crippen LogP contribution in [-0.4, -0.2) is 28.1 Å². The number of nitrogen functional groups attached to an aromatic ring is 1. The maximum absolute atomic E-state index is 12.2.